The molecule has 1 aromatic heterocycles. The zero-order valence-corrected chi connectivity index (χ0v) is 10.9. The Morgan fingerprint density at radius 2 is 1.93 bits per heavy atom. The molecule has 82 valence electrons. The van der Waals surface area contributed by atoms with E-state index in [0.29, 0.717) is 5.56 Å². The molecule has 0 saturated carbocycles. The summed E-state index contributed by atoms with van der Waals surface area (Å²) in [4.78, 5) is 10.8. The Hall–Kier alpha value is -0.312. The molecule has 0 aromatic carbocycles. The van der Waals surface area contributed by atoms with Crippen LogP contribution >= 0.6 is 18.8 Å². The van der Waals surface area contributed by atoms with Crippen LogP contribution in [0, 0.1) is 0 Å². The Morgan fingerprint density at radius 3 is 2.29 bits per heavy atom. The number of nitrogens with zero attached hydrogens (tertiary/aromatic N) is 1. The summed E-state index contributed by atoms with van der Waals surface area (Å²) in [7, 11) is 11.1. The third-order valence-corrected chi connectivity index (χ3v) is 1.23. The van der Waals surface area contributed by atoms with Gasteiger partial charge in [0.05, 0.1) is 12.7 Å². The molecule has 1 heterocycles. The van der Waals surface area contributed by atoms with Crippen molar-refractivity contribution in [3.05, 3.63) is 30.1 Å². The second-order valence-corrected chi connectivity index (χ2v) is 5.29. The number of rotatable bonds is 1. The SMILES string of the molecule is COC(=O)c1cc[n+](O)cc1.[Cl][Pt][Cl]. The molecule has 4 nitrogen and oxygen atoms in total. The minimum absolute atomic E-state index is 0.411. The first-order valence-corrected chi connectivity index (χ1v) is 8.90. The van der Waals surface area contributed by atoms with Crippen molar-refractivity contribution in [2.45, 2.75) is 0 Å². The Morgan fingerprint density at radius 1 is 1.50 bits per heavy atom. The summed E-state index contributed by atoms with van der Waals surface area (Å²) in [5.41, 5.74) is 0.415. The van der Waals surface area contributed by atoms with Gasteiger partial charge in [-0.2, -0.15) is 0 Å². The number of methoxy groups -OCH3 is 1. The predicted octanol–water partition coefficient (Wildman–Crippen LogP) is 1.37. The molecule has 14 heavy (non-hydrogen) atoms. The molecule has 1 aromatic rings. The van der Waals surface area contributed by atoms with Crippen LogP contribution in [-0.2, 0) is 21.2 Å². The quantitative estimate of drug-likeness (QED) is 0.425. The first-order chi connectivity index (χ1) is 6.65. The number of ether oxygens (including phenoxy) is 1. The molecule has 0 unspecified atom stereocenters. The third-order valence-electron chi connectivity index (χ3n) is 1.23. The molecule has 0 saturated heterocycles. The fourth-order valence-electron chi connectivity index (χ4n) is 0.673. The van der Waals surface area contributed by atoms with Gasteiger partial charge < -0.3 is 4.74 Å². The molecule has 1 N–H and O–H groups in total. The van der Waals surface area contributed by atoms with Crippen LogP contribution in [0.1, 0.15) is 10.4 Å². The number of carbonyl (C=O) groups excluding carboxylic acids is 1. The van der Waals surface area contributed by atoms with Crippen LogP contribution in [-0.4, -0.2) is 18.3 Å². The summed E-state index contributed by atoms with van der Waals surface area (Å²) in [6, 6.07) is 2.93. The van der Waals surface area contributed by atoms with Crippen LogP contribution in [0.25, 0.3) is 0 Å². The molecular weight excluding hydrogens is 412 g/mol. The van der Waals surface area contributed by atoms with Gasteiger partial charge >= 0.3 is 41.3 Å². The molecule has 0 spiro atoms. The van der Waals surface area contributed by atoms with Crippen molar-refractivity contribution in [2.75, 3.05) is 7.11 Å². The molecular formula is C7H8Cl2NO3Pt+. The summed E-state index contributed by atoms with van der Waals surface area (Å²) >= 11 is -0.472. The average molecular weight is 420 g/mol. The zero-order chi connectivity index (χ0) is 11.0. The van der Waals surface area contributed by atoms with Crippen molar-refractivity contribution in [2.24, 2.45) is 0 Å². The Labute approximate surface area is 97.7 Å². The van der Waals surface area contributed by atoms with E-state index in [9.17, 15) is 4.79 Å². The second-order valence-electron chi connectivity index (χ2n) is 2.00. The van der Waals surface area contributed by atoms with Gasteiger partial charge in [0.1, 0.15) is 0 Å². The van der Waals surface area contributed by atoms with Gasteiger partial charge in [-0.15, -0.1) is 0 Å². The predicted molar refractivity (Wildman–Crippen MR) is 46.9 cm³/mol. The number of aromatic nitrogens is 1. The zero-order valence-electron chi connectivity index (χ0n) is 7.09. The fraction of sp³-hybridized carbons (Fsp3) is 0.143. The molecule has 7 heteroatoms. The van der Waals surface area contributed by atoms with Crippen LogP contribution in [0.2, 0.25) is 0 Å². The molecule has 0 radical (unpaired) electrons. The van der Waals surface area contributed by atoms with Crippen LogP contribution in [0.4, 0.5) is 0 Å². The van der Waals surface area contributed by atoms with Crippen molar-refractivity contribution in [1.29, 1.82) is 0 Å². The topological polar surface area (TPSA) is 50.4 Å². The maximum atomic E-state index is 10.8. The molecule has 0 amide bonds. The normalized spacial score (nSPS) is 8.79. The third kappa shape index (κ3) is 5.43. The van der Waals surface area contributed by atoms with Gasteiger partial charge in [0.15, 0.2) is 0 Å². The van der Waals surface area contributed by atoms with Gasteiger partial charge in [-0.1, -0.05) is 0 Å². The monoisotopic (exact) mass is 419 g/mol. The van der Waals surface area contributed by atoms with E-state index in [0.717, 1.165) is 4.73 Å². The molecule has 0 aliphatic heterocycles. The van der Waals surface area contributed by atoms with E-state index in [4.69, 9.17) is 24.0 Å². The van der Waals surface area contributed by atoms with E-state index >= 15 is 0 Å². The number of hydrogen-bond donors (Lipinski definition) is 1. The Kier molecular flexibility index (Phi) is 7.86. The van der Waals surface area contributed by atoms with Crippen molar-refractivity contribution in [3.63, 3.8) is 0 Å². The fourth-order valence-corrected chi connectivity index (χ4v) is 0.673. The molecule has 0 aliphatic rings. The minimum atomic E-state index is -0.472. The van der Waals surface area contributed by atoms with E-state index in [1.54, 1.807) is 0 Å². The van der Waals surface area contributed by atoms with Crippen molar-refractivity contribution in [1.82, 2.24) is 0 Å². The molecule has 0 atom stereocenters. The maximum absolute atomic E-state index is 10.8. The van der Waals surface area contributed by atoms with Gasteiger partial charge in [-0.05, 0) is 0 Å². The van der Waals surface area contributed by atoms with E-state index in [2.05, 4.69) is 4.74 Å². The average Bonchev–Trinajstić information content (AvgIpc) is 2.19. The summed E-state index contributed by atoms with van der Waals surface area (Å²) in [5.74, 6) is -0.411. The second kappa shape index (κ2) is 8.03. The standard InChI is InChI=1S/C7H8NO3.2ClH.Pt/c1-11-7(9)6-2-4-8(10)5-3-6;;;/h2-5,10H,1H3;2*1H;/q+1;;;+2/p-2. The van der Waals surface area contributed by atoms with Crippen molar-refractivity contribution in [3.8, 4) is 0 Å². The molecule has 0 fully saturated rings. The summed E-state index contributed by atoms with van der Waals surface area (Å²) in [6.07, 6.45) is 2.71. The number of pyridine rings is 1. The molecule has 0 aliphatic carbocycles. The Balaban J connectivity index is 0.000000500. The van der Waals surface area contributed by atoms with Crippen LogP contribution in [0.5, 0.6) is 0 Å². The van der Waals surface area contributed by atoms with Gasteiger partial charge in [0, 0.05) is 16.9 Å². The Bertz CT molecular complexity index is 281. The summed E-state index contributed by atoms with van der Waals surface area (Å²) in [6.45, 7) is 0. The van der Waals surface area contributed by atoms with Crippen molar-refractivity contribution >= 4 is 24.8 Å². The van der Waals surface area contributed by atoms with Gasteiger partial charge in [0.25, 0.3) is 0 Å². The number of carbonyl (C=O) groups is 1. The van der Waals surface area contributed by atoms with Crippen LogP contribution in [0.3, 0.4) is 0 Å². The van der Waals surface area contributed by atoms with Gasteiger partial charge in [0.2, 0.25) is 12.4 Å². The summed E-state index contributed by atoms with van der Waals surface area (Å²) < 4.78 is 5.30. The number of esters is 1. The van der Waals surface area contributed by atoms with E-state index in [1.165, 1.54) is 31.6 Å². The van der Waals surface area contributed by atoms with E-state index in [-0.39, 0.29) is 0 Å². The van der Waals surface area contributed by atoms with Gasteiger partial charge in [-0.3, -0.25) is 5.21 Å². The van der Waals surface area contributed by atoms with Crippen molar-refractivity contribution < 1.29 is 35.9 Å². The van der Waals surface area contributed by atoms with E-state index in [1.807, 2.05) is 0 Å². The van der Waals surface area contributed by atoms with Crippen LogP contribution in [0.15, 0.2) is 24.5 Å². The summed E-state index contributed by atoms with van der Waals surface area (Å²) in [5, 5.41) is 8.78. The van der Waals surface area contributed by atoms with Crippen LogP contribution < -0.4 is 4.73 Å². The first-order valence-electron chi connectivity index (χ1n) is 3.27. The number of hydrogen-bond acceptors (Lipinski definition) is 3. The molecule has 1 rings (SSSR count). The molecule has 0 bridgehead atoms. The number of halogens is 2. The first kappa shape index (κ1) is 13.7. The van der Waals surface area contributed by atoms with Gasteiger partial charge in [-0.25, -0.2) is 4.79 Å². The van der Waals surface area contributed by atoms with E-state index < -0.39 is 22.5 Å².